The maximum absolute atomic E-state index is 12.4. The van der Waals surface area contributed by atoms with Gasteiger partial charge in [-0.1, -0.05) is 11.6 Å². The molecule has 1 aliphatic heterocycles. The van der Waals surface area contributed by atoms with E-state index in [0.717, 1.165) is 0 Å². The van der Waals surface area contributed by atoms with Crippen molar-refractivity contribution in [3.8, 4) is 0 Å². The van der Waals surface area contributed by atoms with Crippen molar-refractivity contribution in [2.75, 3.05) is 0 Å². The first-order chi connectivity index (χ1) is 9.88. The summed E-state index contributed by atoms with van der Waals surface area (Å²) in [7, 11) is -3.85. The molecule has 2 aromatic carbocycles. The highest BCUT2D eigenvalue weighted by molar-refractivity contribution is 7.92. The van der Waals surface area contributed by atoms with E-state index in [0.29, 0.717) is 14.8 Å². The molecule has 0 saturated heterocycles. The molecule has 108 valence electrons. The lowest BCUT2D eigenvalue weighted by molar-refractivity contribution is 0.0985. The zero-order chi connectivity index (χ0) is 15.2. The molecule has 21 heavy (non-hydrogen) atoms. The van der Waals surface area contributed by atoms with Crippen LogP contribution in [-0.2, 0) is 21.2 Å². The van der Waals surface area contributed by atoms with Gasteiger partial charge in [0.2, 0.25) is 0 Å². The van der Waals surface area contributed by atoms with Crippen LogP contribution >= 0.6 is 11.6 Å². The fourth-order valence-electron chi connectivity index (χ4n) is 1.95. The Morgan fingerprint density at radius 2 is 1.67 bits per heavy atom. The Balaban J connectivity index is 2.05. The third kappa shape index (κ3) is 2.53. The van der Waals surface area contributed by atoms with Gasteiger partial charge in [0.15, 0.2) is 9.79 Å². The number of sulfonamides is 1. The SMILES string of the molecule is O=C1NS(=O)(=O)c2cc([S+]([O-])c3ccc(Cl)cc3)ccc21. The maximum atomic E-state index is 12.4. The molecule has 8 heteroatoms. The van der Waals surface area contributed by atoms with Gasteiger partial charge < -0.3 is 4.55 Å². The predicted octanol–water partition coefficient (Wildman–Crippen LogP) is 1.94. The number of carbonyl (C=O) groups is 1. The lowest BCUT2D eigenvalue weighted by Gasteiger charge is -2.10. The second kappa shape index (κ2) is 5.03. The molecule has 0 radical (unpaired) electrons. The van der Waals surface area contributed by atoms with Gasteiger partial charge in [0, 0.05) is 22.3 Å². The molecule has 1 heterocycles. The van der Waals surface area contributed by atoms with E-state index in [9.17, 15) is 17.8 Å². The average molecular weight is 342 g/mol. The Kier molecular flexibility index (Phi) is 3.45. The lowest BCUT2D eigenvalue weighted by atomic mass is 10.2. The molecule has 1 aliphatic rings. The van der Waals surface area contributed by atoms with Gasteiger partial charge in [-0.15, -0.1) is 0 Å². The van der Waals surface area contributed by atoms with Gasteiger partial charge in [-0.25, -0.2) is 13.1 Å². The van der Waals surface area contributed by atoms with E-state index < -0.39 is 27.1 Å². The first kappa shape index (κ1) is 14.4. The lowest BCUT2D eigenvalue weighted by Crippen LogP contribution is -2.20. The first-order valence-corrected chi connectivity index (χ1v) is 8.78. The number of benzene rings is 2. The zero-order valence-electron chi connectivity index (χ0n) is 10.4. The van der Waals surface area contributed by atoms with E-state index in [1.165, 1.54) is 18.2 Å². The Labute approximate surface area is 129 Å². The average Bonchev–Trinajstić information content (AvgIpc) is 2.68. The van der Waals surface area contributed by atoms with Crippen LogP contribution in [0.3, 0.4) is 0 Å². The number of halogens is 1. The molecule has 0 aliphatic carbocycles. The third-order valence-electron chi connectivity index (χ3n) is 2.96. The molecule has 0 saturated carbocycles. The number of amides is 1. The van der Waals surface area contributed by atoms with Crippen molar-refractivity contribution in [2.45, 2.75) is 14.7 Å². The molecule has 1 N–H and O–H groups in total. The van der Waals surface area contributed by atoms with Gasteiger partial charge in [-0.05, 0) is 36.4 Å². The predicted molar refractivity (Wildman–Crippen MR) is 77.2 cm³/mol. The van der Waals surface area contributed by atoms with E-state index in [4.69, 9.17) is 11.6 Å². The second-order valence-corrected chi connectivity index (χ2v) is 7.88. The van der Waals surface area contributed by atoms with Crippen molar-refractivity contribution < 1.29 is 17.8 Å². The Bertz CT molecular complexity index is 834. The molecule has 5 nitrogen and oxygen atoms in total. The maximum Gasteiger partial charge on any atom is 0.266 e. The van der Waals surface area contributed by atoms with E-state index >= 15 is 0 Å². The summed E-state index contributed by atoms with van der Waals surface area (Å²) in [6.07, 6.45) is 0. The topological polar surface area (TPSA) is 86.3 Å². The molecule has 0 spiro atoms. The van der Waals surface area contributed by atoms with Crippen LogP contribution in [0.5, 0.6) is 0 Å². The molecular weight excluding hydrogens is 334 g/mol. The summed E-state index contributed by atoms with van der Waals surface area (Å²) in [5.41, 5.74) is 0.0619. The van der Waals surface area contributed by atoms with Crippen LogP contribution in [0.15, 0.2) is 57.2 Å². The Hall–Kier alpha value is -1.54. The zero-order valence-corrected chi connectivity index (χ0v) is 12.8. The van der Waals surface area contributed by atoms with Gasteiger partial charge in [-0.3, -0.25) is 4.79 Å². The van der Waals surface area contributed by atoms with E-state index in [1.807, 2.05) is 4.72 Å². The normalized spacial score (nSPS) is 17.1. The standard InChI is InChI=1S/C13H8ClNO4S2/c14-8-1-3-9(4-2-8)20(17)10-5-6-11-12(7-10)21(18,19)15-13(11)16/h1-7H,(H,15,16). The first-order valence-electron chi connectivity index (χ1n) is 5.77. The third-order valence-corrected chi connectivity index (χ3v) is 5.96. The molecule has 0 bridgehead atoms. The summed E-state index contributed by atoms with van der Waals surface area (Å²) in [5, 5.41) is 0.516. The minimum atomic E-state index is -3.85. The molecule has 2 aromatic rings. The smallest absolute Gasteiger partial charge is 0.266 e. The number of rotatable bonds is 2. The minimum absolute atomic E-state index is 0.0619. The van der Waals surface area contributed by atoms with E-state index in [-0.39, 0.29) is 10.5 Å². The van der Waals surface area contributed by atoms with Crippen molar-refractivity contribution in [1.82, 2.24) is 4.72 Å². The van der Waals surface area contributed by atoms with Crippen LogP contribution in [0.25, 0.3) is 0 Å². The highest BCUT2D eigenvalue weighted by Gasteiger charge is 2.34. The Morgan fingerprint density at radius 3 is 2.33 bits per heavy atom. The summed E-state index contributed by atoms with van der Waals surface area (Å²) in [6, 6.07) is 10.5. The van der Waals surface area contributed by atoms with Crippen LogP contribution < -0.4 is 4.72 Å². The number of hydrogen-bond acceptors (Lipinski definition) is 4. The molecule has 0 fully saturated rings. The van der Waals surface area contributed by atoms with Gasteiger partial charge >= 0.3 is 0 Å². The Morgan fingerprint density at radius 1 is 1.05 bits per heavy atom. The molecule has 3 rings (SSSR count). The highest BCUT2D eigenvalue weighted by atomic mass is 35.5. The van der Waals surface area contributed by atoms with Gasteiger partial charge in [0.25, 0.3) is 15.9 Å². The summed E-state index contributed by atoms with van der Waals surface area (Å²) in [6.45, 7) is 0. The highest BCUT2D eigenvalue weighted by Crippen LogP contribution is 2.28. The molecule has 1 amide bonds. The molecule has 0 aromatic heterocycles. The van der Waals surface area contributed by atoms with Crippen molar-refractivity contribution in [2.24, 2.45) is 0 Å². The van der Waals surface area contributed by atoms with Gasteiger partial charge in [-0.2, -0.15) is 0 Å². The van der Waals surface area contributed by atoms with E-state index in [1.54, 1.807) is 24.3 Å². The summed E-state index contributed by atoms with van der Waals surface area (Å²) >= 11 is 4.21. The largest absolute Gasteiger partial charge is 0.606 e. The summed E-state index contributed by atoms with van der Waals surface area (Å²) in [5.74, 6) is -0.672. The van der Waals surface area contributed by atoms with Crippen LogP contribution in [0.1, 0.15) is 10.4 Å². The number of nitrogens with one attached hydrogen (secondary N) is 1. The van der Waals surface area contributed by atoms with E-state index in [2.05, 4.69) is 0 Å². The van der Waals surface area contributed by atoms with Crippen LogP contribution in [-0.4, -0.2) is 18.9 Å². The minimum Gasteiger partial charge on any atom is -0.606 e. The van der Waals surface area contributed by atoms with Gasteiger partial charge in [0.1, 0.15) is 4.90 Å². The van der Waals surface area contributed by atoms with Crippen molar-refractivity contribution >= 4 is 38.7 Å². The number of fused-ring (bicyclic) bond motifs is 1. The van der Waals surface area contributed by atoms with Gasteiger partial charge in [0.05, 0.1) is 5.56 Å². The fourth-order valence-corrected chi connectivity index (χ4v) is 4.42. The monoisotopic (exact) mass is 341 g/mol. The second-order valence-electron chi connectivity index (χ2n) is 4.32. The van der Waals surface area contributed by atoms with Crippen molar-refractivity contribution in [1.29, 1.82) is 0 Å². The number of carbonyl (C=O) groups excluding carboxylic acids is 1. The van der Waals surface area contributed by atoms with Crippen LogP contribution in [0, 0.1) is 0 Å². The summed E-state index contributed by atoms with van der Waals surface area (Å²) in [4.78, 5) is 12.1. The summed E-state index contributed by atoms with van der Waals surface area (Å²) < 4.78 is 37.8. The van der Waals surface area contributed by atoms with Crippen LogP contribution in [0.4, 0.5) is 0 Å². The quantitative estimate of drug-likeness (QED) is 0.846. The van der Waals surface area contributed by atoms with Crippen LogP contribution in [0.2, 0.25) is 5.02 Å². The fraction of sp³-hybridized carbons (Fsp3) is 0. The molecule has 1 unspecified atom stereocenters. The molecular formula is C13H8ClNO4S2. The molecule has 1 atom stereocenters. The van der Waals surface area contributed by atoms with Crippen molar-refractivity contribution in [3.63, 3.8) is 0 Å². The van der Waals surface area contributed by atoms with Crippen molar-refractivity contribution in [3.05, 3.63) is 53.1 Å². The number of hydrogen-bond donors (Lipinski definition) is 1.